The predicted octanol–water partition coefficient (Wildman–Crippen LogP) is 6.51. The number of alkyl carbamates (subject to hydrolysis) is 1. The Kier molecular flexibility index (Phi) is 6.57. The molecule has 0 saturated carbocycles. The second-order valence-electron chi connectivity index (χ2n) is 9.66. The largest absolute Gasteiger partial charge is 0.462 e. The van der Waals surface area contributed by atoms with E-state index in [0.29, 0.717) is 11.3 Å². The normalized spacial score (nSPS) is 11.6. The third kappa shape index (κ3) is 4.87. The van der Waals surface area contributed by atoms with E-state index in [1.165, 1.54) is 16.3 Å². The lowest BCUT2D eigenvalue weighted by Crippen LogP contribution is -2.33. The van der Waals surface area contributed by atoms with Crippen molar-refractivity contribution in [3.05, 3.63) is 71.4 Å². The molecule has 0 fully saturated rings. The Morgan fingerprint density at radius 1 is 0.971 bits per heavy atom. The average Bonchev–Trinajstić information content (AvgIpc) is 3.08. The lowest BCUT2D eigenvalue weighted by atomic mass is 9.95. The minimum Gasteiger partial charge on any atom is -0.462 e. The average molecular weight is 473 g/mol. The van der Waals surface area contributed by atoms with E-state index in [4.69, 9.17) is 9.47 Å². The van der Waals surface area contributed by atoms with Crippen molar-refractivity contribution in [3.63, 3.8) is 0 Å². The number of amides is 1. The molecular weight excluding hydrogens is 440 g/mol. The van der Waals surface area contributed by atoms with Gasteiger partial charge in [0.05, 0.1) is 24.4 Å². The number of ether oxygens (including phenoxy) is 2. The second-order valence-corrected chi connectivity index (χ2v) is 9.66. The monoisotopic (exact) mass is 472 g/mol. The number of carbonyl (C=O) groups is 2. The van der Waals surface area contributed by atoms with Crippen LogP contribution in [0.3, 0.4) is 0 Å². The van der Waals surface area contributed by atoms with Gasteiger partial charge in [-0.3, -0.25) is 0 Å². The maximum Gasteiger partial charge on any atom is 0.407 e. The van der Waals surface area contributed by atoms with Gasteiger partial charge in [0.25, 0.3) is 0 Å². The zero-order chi connectivity index (χ0) is 25.3. The van der Waals surface area contributed by atoms with Crippen molar-refractivity contribution in [2.24, 2.45) is 7.05 Å². The van der Waals surface area contributed by atoms with Crippen LogP contribution in [0.5, 0.6) is 0 Å². The molecular formula is C29H32N2O4. The van der Waals surface area contributed by atoms with Gasteiger partial charge in [0, 0.05) is 18.0 Å². The Bertz CT molecular complexity index is 1430. The van der Waals surface area contributed by atoms with Crippen LogP contribution >= 0.6 is 0 Å². The molecule has 1 N–H and O–H groups in total. The van der Waals surface area contributed by atoms with Crippen LogP contribution in [0, 0.1) is 6.92 Å². The van der Waals surface area contributed by atoms with Crippen molar-refractivity contribution in [1.29, 1.82) is 0 Å². The Morgan fingerprint density at radius 2 is 1.69 bits per heavy atom. The van der Waals surface area contributed by atoms with Crippen LogP contribution in [-0.4, -0.2) is 28.8 Å². The summed E-state index contributed by atoms with van der Waals surface area (Å²) in [5.74, 6) is -0.410. The Labute approximate surface area is 205 Å². The van der Waals surface area contributed by atoms with E-state index in [-0.39, 0.29) is 13.2 Å². The van der Waals surface area contributed by atoms with Crippen LogP contribution in [0.15, 0.2) is 54.6 Å². The van der Waals surface area contributed by atoms with Crippen LogP contribution in [0.2, 0.25) is 0 Å². The highest BCUT2D eigenvalue weighted by Crippen LogP contribution is 2.35. The third-order valence-corrected chi connectivity index (χ3v) is 6.05. The molecule has 0 spiro atoms. The number of nitrogens with zero attached hydrogens (tertiary/aromatic N) is 1. The summed E-state index contributed by atoms with van der Waals surface area (Å²) in [6.45, 7) is 9.72. The van der Waals surface area contributed by atoms with Gasteiger partial charge < -0.3 is 19.4 Å². The first-order chi connectivity index (χ1) is 16.6. The summed E-state index contributed by atoms with van der Waals surface area (Å²) in [6, 6.07) is 18.7. The fraction of sp³-hybridized carbons (Fsp3) is 0.310. The molecule has 0 aliphatic heterocycles. The fourth-order valence-electron chi connectivity index (χ4n) is 4.47. The molecule has 0 saturated heterocycles. The molecule has 1 aromatic heterocycles. The third-order valence-electron chi connectivity index (χ3n) is 6.05. The summed E-state index contributed by atoms with van der Waals surface area (Å²) in [7, 11) is 1.90. The van der Waals surface area contributed by atoms with Gasteiger partial charge in [-0.25, -0.2) is 9.59 Å². The van der Waals surface area contributed by atoms with Crippen molar-refractivity contribution in [1.82, 2.24) is 9.88 Å². The first-order valence-corrected chi connectivity index (χ1v) is 11.8. The maximum atomic E-state index is 13.0. The molecule has 0 aliphatic carbocycles. The SMILES string of the molecule is CCOC(=O)c1c(CNC(=O)OC(C)(C)C)n(C)c2cc(-c3ccc(C)c4ccccc34)ccc12. The van der Waals surface area contributed by atoms with Crippen LogP contribution in [0.1, 0.15) is 49.3 Å². The van der Waals surface area contributed by atoms with E-state index in [9.17, 15) is 9.59 Å². The van der Waals surface area contributed by atoms with Crippen molar-refractivity contribution in [3.8, 4) is 11.1 Å². The van der Waals surface area contributed by atoms with Gasteiger partial charge in [0.2, 0.25) is 0 Å². The van der Waals surface area contributed by atoms with Gasteiger partial charge in [-0.15, -0.1) is 0 Å². The molecule has 4 aromatic rings. The minimum atomic E-state index is -0.612. The molecule has 3 aromatic carbocycles. The van der Waals surface area contributed by atoms with E-state index in [2.05, 4.69) is 48.6 Å². The lowest BCUT2D eigenvalue weighted by molar-refractivity contribution is 0.0502. The van der Waals surface area contributed by atoms with Gasteiger partial charge in [0.1, 0.15) is 5.60 Å². The van der Waals surface area contributed by atoms with Gasteiger partial charge in [-0.2, -0.15) is 0 Å². The number of nitrogens with one attached hydrogen (secondary N) is 1. The highest BCUT2D eigenvalue weighted by atomic mass is 16.6. The Hall–Kier alpha value is -3.80. The molecule has 1 amide bonds. The van der Waals surface area contributed by atoms with Gasteiger partial charge in [0.15, 0.2) is 0 Å². The van der Waals surface area contributed by atoms with Gasteiger partial charge >= 0.3 is 12.1 Å². The van der Waals surface area contributed by atoms with Gasteiger partial charge in [-0.1, -0.05) is 48.5 Å². The van der Waals surface area contributed by atoms with Crippen molar-refractivity contribution in [2.75, 3.05) is 6.61 Å². The van der Waals surface area contributed by atoms with Crippen LogP contribution in [0.25, 0.3) is 32.8 Å². The highest BCUT2D eigenvalue weighted by molar-refractivity contribution is 6.08. The number of aryl methyl sites for hydroxylation is 2. The molecule has 1 heterocycles. The maximum absolute atomic E-state index is 13.0. The first-order valence-electron chi connectivity index (χ1n) is 11.8. The molecule has 4 rings (SSSR count). The number of esters is 1. The molecule has 0 bridgehead atoms. The van der Waals surface area contributed by atoms with E-state index in [1.54, 1.807) is 6.92 Å². The second kappa shape index (κ2) is 9.45. The van der Waals surface area contributed by atoms with E-state index in [1.807, 2.05) is 50.6 Å². The molecule has 6 heteroatoms. The zero-order valence-electron chi connectivity index (χ0n) is 21.2. The topological polar surface area (TPSA) is 69.6 Å². The fourth-order valence-corrected chi connectivity index (χ4v) is 4.47. The Balaban J connectivity index is 1.82. The van der Waals surface area contributed by atoms with Crippen molar-refractivity contribution >= 4 is 33.7 Å². The summed E-state index contributed by atoms with van der Waals surface area (Å²) >= 11 is 0. The molecule has 0 unspecified atom stereocenters. The van der Waals surface area contributed by atoms with Crippen molar-refractivity contribution < 1.29 is 19.1 Å². The van der Waals surface area contributed by atoms with E-state index in [0.717, 1.165) is 22.0 Å². The smallest absolute Gasteiger partial charge is 0.407 e. The van der Waals surface area contributed by atoms with E-state index < -0.39 is 17.7 Å². The van der Waals surface area contributed by atoms with Gasteiger partial charge in [-0.05, 0) is 68.1 Å². The zero-order valence-corrected chi connectivity index (χ0v) is 21.2. The molecule has 6 nitrogen and oxygen atoms in total. The quantitative estimate of drug-likeness (QED) is 0.336. The molecule has 0 atom stereocenters. The number of aromatic nitrogens is 1. The summed E-state index contributed by atoms with van der Waals surface area (Å²) in [4.78, 5) is 25.3. The standard InChI is InChI=1S/C29H32N2O4/c1-7-34-27(32)26-23-15-13-19(21-14-12-18(2)20-10-8-9-11-22(20)21)16-24(23)31(6)25(26)17-30-28(33)35-29(3,4)5/h8-16H,7,17H2,1-6H3,(H,30,33). The number of fused-ring (bicyclic) bond motifs is 2. The van der Waals surface area contributed by atoms with Crippen LogP contribution in [0.4, 0.5) is 4.79 Å². The van der Waals surface area contributed by atoms with Crippen LogP contribution in [-0.2, 0) is 23.1 Å². The molecule has 35 heavy (non-hydrogen) atoms. The molecule has 0 aliphatic rings. The number of rotatable bonds is 5. The van der Waals surface area contributed by atoms with Crippen molar-refractivity contribution in [2.45, 2.75) is 46.8 Å². The minimum absolute atomic E-state index is 0.136. The van der Waals surface area contributed by atoms with Crippen LogP contribution < -0.4 is 5.32 Å². The van der Waals surface area contributed by atoms with E-state index >= 15 is 0 Å². The summed E-state index contributed by atoms with van der Waals surface area (Å²) in [5.41, 5.74) is 4.80. The molecule has 0 radical (unpaired) electrons. The Morgan fingerprint density at radius 3 is 2.37 bits per heavy atom. The number of hydrogen-bond donors (Lipinski definition) is 1. The predicted molar refractivity (Wildman–Crippen MR) is 140 cm³/mol. The lowest BCUT2D eigenvalue weighted by Gasteiger charge is -2.20. The summed E-state index contributed by atoms with van der Waals surface area (Å²) in [5, 5.41) is 5.96. The number of hydrogen-bond acceptors (Lipinski definition) is 4. The highest BCUT2D eigenvalue weighted by Gasteiger charge is 2.24. The number of carbonyl (C=O) groups excluding carboxylic acids is 2. The number of benzene rings is 3. The first kappa shape index (κ1) is 24.3. The summed E-state index contributed by atoms with van der Waals surface area (Å²) < 4.78 is 12.7. The summed E-state index contributed by atoms with van der Waals surface area (Å²) in [6.07, 6.45) is -0.538. The molecule has 182 valence electrons.